The number of aryl methyl sites for hydroxylation is 1. The largest absolute Gasteiger partial charge is 0.489 e. The lowest BCUT2D eigenvalue weighted by Gasteiger charge is -2.12. The molecule has 9 heteroatoms. The molecule has 0 fully saturated rings. The molecule has 0 saturated carbocycles. The predicted octanol–water partition coefficient (Wildman–Crippen LogP) is 5.59. The highest BCUT2D eigenvalue weighted by Crippen LogP contribution is 2.34. The number of para-hydroxylation sites is 1. The topological polar surface area (TPSA) is 114 Å². The molecule has 0 unspecified atom stereocenters. The van der Waals surface area contributed by atoms with Crippen LogP contribution in [0.4, 0.5) is 0 Å². The molecule has 0 atom stereocenters. The molecule has 0 radical (unpaired) electrons. The van der Waals surface area contributed by atoms with Crippen molar-refractivity contribution >= 4 is 27.0 Å². The number of hydrogen-bond donors (Lipinski definition) is 1. The van der Waals surface area contributed by atoms with E-state index in [1.807, 2.05) is 49.4 Å². The Bertz CT molecular complexity index is 1770. The zero-order valence-corrected chi connectivity index (χ0v) is 23.1. The molecule has 2 aromatic heterocycles. The first-order valence-corrected chi connectivity index (χ1v) is 14.3. The van der Waals surface area contributed by atoms with Crippen LogP contribution in [0.3, 0.4) is 0 Å². The van der Waals surface area contributed by atoms with Gasteiger partial charge in [-0.2, -0.15) is 0 Å². The van der Waals surface area contributed by atoms with Crippen LogP contribution in [0, 0.1) is 6.92 Å². The second kappa shape index (κ2) is 11.4. The summed E-state index contributed by atoms with van der Waals surface area (Å²) >= 11 is 0. The molecule has 0 aliphatic carbocycles. The number of fused-ring (bicyclic) bond motifs is 1. The number of nitrogens with zero attached hydrogens (tertiary/aromatic N) is 1. The number of nitrogens with two attached hydrogens (primary N) is 1. The number of esters is 1. The van der Waals surface area contributed by atoms with Gasteiger partial charge in [0, 0.05) is 40.5 Å². The van der Waals surface area contributed by atoms with E-state index < -0.39 is 10.0 Å². The molecule has 0 aliphatic rings. The minimum Gasteiger partial charge on any atom is -0.489 e. The summed E-state index contributed by atoms with van der Waals surface area (Å²) in [6.45, 7) is 4.24. The van der Waals surface area contributed by atoms with E-state index >= 15 is 0 Å². The van der Waals surface area contributed by atoms with Gasteiger partial charge in [0.2, 0.25) is 0 Å². The summed E-state index contributed by atoms with van der Waals surface area (Å²) in [5.74, 6) is 0.270. The molecule has 3 aromatic carbocycles. The molecular weight excluding hydrogens is 528 g/mol. The van der Waals surface area contributed by atoms with Gasteiger partial charge < -0.3 is 19.6 Å². The van der Waals surface area contributed by atoms with Gasteiger partial charge in [0.15, 0.2) is 0 Å². The average molecular weight is 559 g/mol. The van der Waals surface area contributed by atoms with E-state index in [9.17, 15) is 13.2 Å². The van der Waals surface area contributed by atoms with Crippen LogP contribution in [0.2, 0.25) is 0 Å². The van der Waals surface area contributed by atoms with E-state index in [4.69, 9.17) is 19.6 Å². The highest BCUT2D eigenvalue weighted by Gasteiger charge is 2.22. The summed E-state index contributed by atoms with van der Waals surface area (Å²) < 4.78 is 45.2. The van der Waals surface area contributed by atoms with Crippen LogP contribution in [-0.4, -0.2) is 25.0 Å². The fraction of sp³-hybridized carbons (Fsp3) is 0.194. The van der Waals surface area contributed by atoms with Gasteiger partial charge in [-0.3, -0.25) is 4.79 Å². The second-order valence-corrected chi connectivity index (χ2v) is 11.2. The number of carbonyl (C=O) groups excluding carboxylic acids is 1. The first-order valence-electron chi connectivity index (χ1n) is 12.9. The number of furan rings is 1. The summed E-state index contributed by atoms with van der Waals surface area (Å²) in [6, 6.07) is 21.5. The van der Waals surface area contributed by atoms with Crippen molar-refractivity contribution in [3.05, 3.63) is 108 Å². The minimum atomic E-state index is -3.86. The number of rotatable bonds is 10. The molecule has 2 N–H and O–H groups in total. The molecule has 2 heterocycles. The summed E-state index contributed by atoms with van der Waals surface area (Å²) in [5.41, 5.74) is 11.0. The van der Waals surface area contributed by atoms with E-state index in [-0.39, 0.29) is 30.4 Å². The lowest BCUT2D eigenvalue weighted by Crippen LogP contribution is -2.16. The van der Waals surface area contributed by atoms with Crippen molar-refractivity contribution in [3.8, 4) is 16.9 Å². The smallest absolute Gasteiger partial charge is 0.310 e. The lowest BCUT2D eigenvalue weighted by atomic mass is 10.0. The Balaban J connectivity index is 1.49. The quantitative estimate of drug-likeness (QED) is 0.222. The van der Waals surface area contributed by atoms with Crippen LogP contribution in [0.5, 0.6) is 5.75 Å². The Morgan fingerprint density at radius 1 is 1.02 bits per heavy atom. The normalized spacial score (nSPS) is 11.6. The van der Waals surface area contributed by atoms with Crippen molar-refractivity contribution in [3.63, 3.8) is 0 Å². The monoisotopic (exact) mass is 558 g/mol. The van der Waals surface area contributed by atoms with Crippen LogP contribution in [0.15, 0.2) is 94.6 Å². The first-order chi connectivity index (χ1) is 19.3. The zero-order valence-electron chi connectivity index (χ0n) is 22.3. The molecular formula is C31H30N2O6S. The zero-order chi connectivity index (χ0) is 28.3. The van der Waals surface area contributed by atoms with Crippen LogP contribution < -0.4 is 10.5 Å². The average Bonchev–Trinajstić information content (AvgIpc) is 3.60. The van der Waals surface area contributed by atoms with Crippen LogP contribution in [0.25, 0.3) is 22.1 Å². The molecule has 206 valence electrons. The summed E-state index contributed by atoms with van der Waals surface area (Å²) in [7, 11) is -3.86. The van der Waals surface area contributed by atoms with Gasteiger partial charge in [0.25, 0.3) is 10.0 Å². The molecule has 0 bridgehead atoms. The van der Waals surface area contributed by atoms with Crippen molar-refractivity contribution in [1.29, 1.82) is 0 Å². The van der Waals surface area contributed by atoms with Crippen LogP contribution in [0.1, 0.15) is 29.3 Å². The van der Waals surface area contributed by atoms with Crippen molar-refractivity contribution in [2.24, 2.45) is 5.73 Å². The maximum absolute atomic E-state index is 13.5. The van der Waals surface area contributed by atoms with Gasteiger partial charge in [-0.15, -0.1) is 0 Å². The van der Waals surface area contributed by atoms with Gasteiger partial charge in [-0.05, 0) is 61.9 Å². The number of benzene rings is 3. The van der Waals surface area contributed by atoms with Crippen molar-refractivity contribution in [2.75, 3.05) is 6.61 Å². The highest BCUT2D eigenvalue weighted by atomic mass is 32.2. The summed E-state index contributed by atoms with van der Waals surface area (Å²) in [5, 5.41) is 0.847. The van der Waals surface area contributed by atoms with E-state index in [1.54, 1.807) is 49.7 Å². The van der Waals surface area contributed by atoms with E-state index in [0.29, 0.717) is 34.8 Å². The fourth-order valence-electron chi connectivity index (χ4n) is 4.59. The Morgan fingerprint density at radius 3 is 2.55 bits per heavy atom. The molecule has 0 amide bonds. The molecule has 5 aromatic rings. The first kappa shape index (κ1) is 27.2. The Morgan fingerprint density at radius 2 is 1.80 bits per heavy atom. The maximum atomic E-state index is 13.5. The summed E-state index contributed by atoms with van der Waals surface area (Å²) in [6.07, 6.45) is 3.28. The van der Waals surface area contributed by atoms with E-state index in [1.165, 1.54) is 3.97 Å². The molecule has 0 aliphatic heterocycles. The van der Waals surface area contributed by atoms with E-state index in [2.05, 4.69) is 0 Å². The minimum absolute atomic E-state index is 0.0342. The SMILES string of the molecule is CCOC(=O)Cc1ccccc1OCc1cc(-c2cc(CN)n(S(=O)(=O)c3ccc(C)cc3)c2)c2occc2c1. The Kier molecular flexibility index (Phi) is 7.77. The molecule has 0 saturated heterocycles. The number of aromatic nitrogens is 1. The second-order valence-electron chi connectivity index (χ2n) is 9.40. The third-order valence-electron chi connectivity index (χ3n) is 6.58. The standard InChI is InChI=1S/C31H30N2O6S/c1-3-37-30(34)17-23-6-4-5-7-29(23)39-20-22-14-24-12-13-38-31(24)28(15-22)25-16-26(18-32)33(19-25)40(35,36)27-10-8-21(2)9-11-27/h4-16,19H,3,17-18,20,32H2,1-2H3. The number of ether oxygens (including phenoxy) is 2. The lowest BCUT2D eigenvalue weighted by molar-refractivity contribution is -0.142. The van der Waals surface area contributed by atoms with Gasteiger partial charge >= 0.3 is 5.97 Å². The van der Waals surface area contributed by atoms with Crippen molar-refractivity contribution < 1.29 is 27.1 Å². The van der Waals surface area contributed by atoms with Gasteiger partial charge in [-0.25, -0.2) is 12.4 Å². The maximum Gasteiger partial charge on any atom is 0.310 e. The van der Waals surface area contributed by atoms with Crippen LogP contribution in [-0.2, 0) is 39.1 Å². The van der Waals surface area contributed by atoms with Crippen LogP contribution >= 0.6 is 0 Å². The summed E-state index contributed by atoms with van der Waals surface area (Å²) in [4.78, 5) is 12.2. The highest BCUT2D eigenvalue weighted by molar-refractivity contribution is 7.90. The van der Waals surface area contributed by atoms with Gasteiger partial charge in [0.05, 0.1) is 24.2 Å². The Hall–Kier alpha value is -4.34. The van der Waals surface area contributed by atoms with Crippen molar-refractivity contribution in [2.45, 2.75) is 38.3 Å². The number of carbonyl (C=O) groups is 1. The van der Waals surface area contributed by atoms with Crippen molar-refractivity contribution in [1.82, 2.24) is 3.97 Å². The molecule has 5 rings (SSSR count). The number of hydrogen-bond acceptors (Lipinski definition) is 7. The van der Waals surface area contributed by atoms with E-state index in [0.717, 1.165) is 22.1 Å². The third kappa shape index (κ3) is 5.52. The third-order valence-corrected chi connectivity index (χ3v) is 8.30. The molecule has 0 spiro atoms. The Labute approximate surface area is 233 Å². The molecule has 40 heavy (non-hydrogen) atoms. The predicted molar refractivity (Wildman–Crippen MR) is 152 cm³/mol. The van der Waals surface area contributed by atoms with Gasteiger partial charge in [0.1, 0.15) is 17.9 Å². The fourth-order valence-corrected chi connectivity index (χ4v) is 5.99. The van der Waals surface area contributed by atoms with Gasteiger partial charge in [-0.1, -0.05) is 35.9 Å². The molecule has 8 nitrogen and oxygen atoms in total.